The van der Waals surface area contributed by atoms with Crippen LogP contribution in [0.3, 0.4) is 0 Å². The number of carbonyl (C=O) groups excluding carboxylic acids is 1. The Kier molecular flexibility index (Phi) is 5.65. The molecule has 1 saturated heterocycles. The molecule has 3 fully saturated rings. The smallest absolute Gasteiger partial charge is 0.263 e. The number of rotatable bonds is 6. The van der Waals surface area contributed by atoms with E-state index in [1.165, 1.54) is 30.2 Å². The Labute approximate surface area is 204 Å². The molecule has 34 heavy (non-hydrogen) atoms. The summed E-state index contributed by atoms with van der Waals surface area (Å²) in [5.74, 6) is 3.91. The first kappa shape index (κ1) is 21.8. The number of anilines is 3. The predicted molar refractivity (Wildman–Crippen MR) is 138 cm³/mol. The van der Waals surface area contributed by atoms with Gasteiger partial charge >= 0.3 is 0 Å². The number of nitrogens with one attached hydrogen (secondary N) is 2. The molecule has 3 aromatic rings. The lowest BCUT2D eigenvalue weighted by atomic mass is 9.91. The standard InChI is InChI=1S/C26H32N6OS/c1-3-31(2)26(33)25-24(18-11-16-10-17(16)12-18)20-13-23(29-15-21(20)34-25)30-22-5-4-19(14-28-22)32-8-6-27-7-9-32/h4-5,13-18,27H,3,6-12H2,1-2H3,(H,28,29,30). The van der Waals surface area contributed by atoms with Crippen LogP contribution in [0.2, 0.25) is 0 Å². The largest absolute Gasteiger partial charge is 0.368 e. The van der Waals surface area contributed by atoms with E-state index < -0.39 is 0 Å². The number of aromatic nitrogens is 2. The molecule has 0 spiro atoms. The molecule has 2 unspecified atom stereocenters. The van der Waals surface area contributed by atoms with E-state index in [9.17, 15) is 4.79 Å². The summed E-state index contributed by atoms with van der Waals surface area (Å²) in [5, 5.41) is 7.95. The molecule has 2 N–H and O–H groups in total. The summed E-state index contributed by atoms with van der Waals surface area (Å²) < 4.78 is 1.09. The van der Waals surface area contributed by atoms with E-state index in [4.69, 9.17) is 0 Å². The second kappa shape index (κ2) is 8.82. The molecule has 2 saturated carbocycles. The van der Waals surface area contributed by atoms with Crippen LogP contribution in [0, 0.1) is 11.8 Å². The summed E-state index contributed by atoms with van der Waals surface area (Å²) >= 11 is 1.60. The SMILES string of the molecule is CCN(C)C(=O)c1sc2cnc(Nc3ccc(N4CCNCC4)cn3)cc2c1C1CC2CC2C1. The molecule has 0 aromatic carbocycles. The number of pyridine rings is 2. The Morgan fingerprint density at radius 2 is 1.91 bits per heavy atom. The Morgan fingerprint density at radius 1 is 1.15 bits per heavy atom. The van der Waals surface area contributed by atoms with Crippen molar-refractivity contribution in [3.63, 3.8) is 0 Å². The van der Waals surface area contributed by atoms with Gasteiger partial charge in [-0.05, 0) is 67.7 Å². The van der Waals surface area contributed by atoms with Crippen molar-refractivity contribution in [2.24, 2.45) is 11.8 Å². The van der Waals surface area contributed by atoms with E-state index in [2.05, 4.69) is 37.6 Å². The zero-order valence-corrected chi connectivity index (χ0v) is 20.7. The van der Waals surface area contributed by atoms with Gasteiger partial charge in [0, 0.05) is 51.4 Å². The molecule has 0 bridgehead atoms. The summed E-state index contributed by atoms with van der Waals surface area (Å²) in [7, 11) is 1.89. The van der Waals surface area contributed by atoms with Crippen molar-refractivity contribution in [1.82, 2.24) is 20.2 Å². The van der Waals surface area contributed by atoms with Gasteiger partial charge < -0.3 is 20.4 Å². The topological polar surface area (TPSA) is 73.4 Å². The van der Waals surface area contributed by atoms with Crippen LogP contribution in [0.5, 0.6) is 0 Å². The fourth-order valence-corrected chi connectivity index (χ4v) is 6.86. The molecule has 1 aliphatic heterocycles. The number of fused-ring (bicyclic) bond motifs is 2. The van der Waals surface area contributed by atoms with E-state index in [1.54, 1.807) is 11.3 Å². The maximum atomic E-state index is 13.2. The zero-order valence-electron chi connectivity index (χ0n) is 19.9. The average molecular weight is 477 g/mol. The molecule has 0 radical (unpaired) electrons. The van der Waals surface area contributed by atoms with Gasteiger partial charge in [0.25, 0.3) is 5.91 Å². The van der Waals surface area contributed by atoms with Gasteiger partial charge in [-0.3, -0.25) is 4.79 Å². The first-order chi connectivity index (χ1) is 16.6. The molecule has 8 heteroatoms. The van der Waals surface area contributed by atoms with E-state index >= 15 is 0 Å². The molecule has 7 nitrogen and oxygen atoms in total. The van der Waals surface area contributed by atoms with Crippen molar-refractivity contribution < 1.29 is 4.79 Å². The monoisotopic (exact) mass is 476 g/mol. The third-order valence-electron chi connectivity index (χ3n) is 7.77. The van der Waals surface area contributed by atoms with Crippen LogP contribution < -0.4 is 15.5 Å². The summed E-state index contributed by atoms with van der Waals surface area (Å²) in [6, 6.07) is 6.27. The van der Waals surface area contributed by atoms with Gasteiger partial charge in [0.05, 0.1) is 21.5 Å². The highest BCUT2D eigenvalue weighted by Gasteiger charge is 2.47. The van der Waals surface area contributed by atoms with Gasteiger partial charge in [-0.1, -0.05) is 0 Å². The first-order valence-electron chi connectivity index (χ1n) is 12.5. The molecular weight excluding hydrogens is 444 g/mol. The van der Waals surface area contributed by atoms with Gasteiger partial charge in [0.2, 0.25) is 0 Å². The van der Waals surface area contributed by atoms with Crippen LogP contribution in [0.4, 0.5) is 17.3 Å². The summed E-state index contributed by atoms with van der Waals surface area (Å²) in [6.45, 7) is 6.76. The second-order valence-electron chi connectivity index (χ2n) is 9.92. The fraction of sp³-hybridized carbons (Fsp3) is 0.500. The molecule has 3 aliphatic rings. The maximum Gasteiger partial charge on any atom is 0.263 e. The van der Waals surface area contributed by atoms with Crippen molar-refractivity contribution in [3.05, 3.63) is 41.0 Å². The average Bonchev–Trinajstić information content (AvgIpc) is 3.31. The summed E-state index contributed by atoms with van der Waals surface area (Å²) in [5.41, 5.74) is 2.41. The zero-order chi connectivity index (χ0) is 23.2. The molecule has 2 aliphatic carbocycles. The van der Waals surface area contributed by atoms with Crippen molar-refractivity contribution in [1.29, 1.82) is 0 Å². The lowest BCUT2D eigenvalue weighted by Gasteiger charge is -2.29. The minimum absolute atomic E-state index is 0.138. The first-order valence-corrected chi connectivity index (χ1v) is 13.3. The minimum Gasteiger partial charge on any atom is -0.368 e. The van der Waals surface area contributed by atoms with Gasteiger partial charge in [0.1, 0.15) is 11.6 Å². The number of hydrogen-bond acceptors (Lipinski definition) is 7. The molecule has 4 heterocycles. The lowest BCUT2D eigenvalue weighted by Crippen LogP contribution is -2.43. The quantitative estimate of drug-likeness (QED) is 0.548. The van der Waals surface area contributed by atoms with Crippen molar-refractivity contribution in [2.45, 2.75) is 32.1 Å². The Morgan fingerprint density at radius 3 is 2.62 bits per heavy atom. The molecule has 6 rings (SSSR count). The number of amides is 1. The third-order valence-corrected chi connectivity index (χ3v) is 8.91. The number of thiophene rings is 1. The minimum atomic E-state index is 0.138. The molecule has 1 amide bonds. The maximum absolute atomic E-state index is 13.2. The number of hydrogen-bond donors (Lipinski definition) is 2. The number of nitrogens with zero attached hydrogens (tertiary/aromatic N) is 4. The molecule has 2 atom stereocenters. The van der Waals surface area contributed by atoms with E-state index in [-0.39, 0.29) is 5.91 Å². The molecule has 178 valence electrons. The van der Waals surface area contributed by atoms with Crippen molar-refractivity contribution in [2.75, 3.05) is 50.0 Å². The van der Waals surface area contributed by atoms with E-state index in [1.807, 2.05) is 37.3 Å². The van der Waals surface area contributed by atoms with E-state index in [0.29, 0.717) is 12.5 Å². The van der Waals surface area contributed by atoms with Crippen LogP contribution >= 0.6 is 11.3 Å². The lowest BCUT2D eigenvalue weighted by molar-refractivity contribution is 0.0805. The highest BCUT2D eigenvalue weighted by molar-refractivity contribution is 7.21. The van der Waals surface area contributed by atoms with Gasteiger partial charge in [-0.2, -0.15) is 0 Å². The van der Waals surface area contributed by atoms with Crippen LogP contribution in [-0.4, -0.2) is 60.5 Å². The predicted octanol–water partition coefficient (Wildman–Crippen LogP) is 4.45. The Hall–Kier alpha value is -2.71. The molecular formula is C26H32N6OS. The van der Waals surface area contributed by atoms with Crippen molar-refractivity contribution >= 4 is 44.7 Å². The van der Waals surface area contributed by atoms with E-state index in [0.717, 1.165) is 64.9 Å². The van der Waals surface area contributed by atoms with Crippen LogP contribution in [0.15, 0.2) is 30.6 Å². The van der Waals surface area contributed by atoms with Crippen molar-refractivity contribution in [3.8, 4) is 0 Å². The normalized spacial score (nSPS) is 23.7. The second-order valence-corrected chi connectivity index (χ2v) is 11.0. The Bertz CT molecular complexity index is 1190. The number of carbonyl (C=O) groups is 1. The Balaban J connectivity index is 1.29. The highest BCUT2D eigenvalue weighted by atomic mass is 32.1. The van der Waals surface area contributed by atoms with Crippen LogP contribution in [0.1, 0.15) is 47.3 Å². The summed E-state index contributed by atoms with van der Waals surface area (Å²) in [6.07, 6.45) is 7.66. The van der Waals surface area contributed by atoms with Gasteiger partial charge in [-0.15, -0.1) is 11.3 Å². The third kappa shape index (κ3) is 4.03. The fourth-order valence-electron chi connectivity index (χ4n) is 5.62. The highest BCUT2D eigenvalue weighted by Crippen LogP contribution is 2.59. The number of piperazine rings is 1. The van der Waals surface area contributed by atoms with Crippen LogP contribution in [0.25, 0.3) is 10.1 Å². The van der Waals surface area contributed by atoms with Crippen LogP contribution in [-0.2, 0) is 0 Å². The van der Waals surface area contributed by atoms with Gasteiger partial charge in [0.15, 0.2) is 0 Å². The molecule has 3 aromatic heterocycles. The van der Waals surface area contributed by atoms with Gasteiger partial charge in [-0.25, -0.2) is 9.97 Å². The summed E-state index contributed by atoms with van der Waals surface area (Å²) in [4.78, 5) is 27.6.